The fraction of sp³-hybridized carbons (Fsp3) is 0.333. The minimum Gasteiger partial charge on any atom is -0.368 e. The van der Waals surface area contributed by atoms with Crippen LogP contribution >= 0.6 is 0 Å². The third-order valence-electron chi connectivity index (χ3n) is 2.81. The highest BCUT2D eigenvalue weighted by atomic mass is 16.2. The molecule has 1 aliphatic rings. The van der Waals surface area contributed by atoms with Gasteiger partial charge in [-0.1, -0.05) is 24.3 Å². The Morgan fingerprint density at radius 3 is 2.94 bits per heavy atom. The summed E-state index contributed by atoms with van der Waals surface area (Å²) in [4.78, 5) is 22.5. The van der Waals surface area contributed by atoms with Crippen molar-refractivity contribution in [1.82, 2.24) is 10.6 Å². The summed E-state index contributed by atoms with van der Waals surface area (Å²) in [6.45, 7) is 0.630. The van der Waals surface area contributed by atoms with E-state index in [9.17, 15) is 9.59 Å². The minimum absolute atomic E-state index is 0.126. The number of hydrogen-bond acceptors (Lipinski definition) is 3. The first-order valence-corrected chi connectivity index (χ1v) is 5.55. The number of fused-ring (bicyclic) bond motifs is 1. The number of nitrogens with two attached hydrogens (primary N) is 1. The van der Waals surface area contributed by atoms with E-state index >= 15 is 0 Å². The molecule has 0 fully saturated rings. The Kier molecular flexibility index (Phi) is 3.39. The van der Waals surface area contributed by atoms with Gasteiger partial charge in [0, 0.05) is 6.54 Å². The van der Waals surface area contributed by atoms with Gasteiger partial charge in [0.15, 0.2) is 0 Å². The maximum absolute atomic E-state index is 11.9. The van der Waals surface area contributed by atoms with Gasteiger partial charge in [-0.3, -0.25) is 9.59 Å². The van der Waals surface area contributed by atoms with E-state index < -0.39 is 5.91 Å². The lowest BCUT2D eigenvalue weighted by Crippen LogP contribution is -2.43. The summed E-state index contributed by atoms with van der Waals surface area (Å²) >= 11 is 0. The largest absolute Gasteiger partial charge is 0.368 e. The monoisotopic (exact) mass is 233 g/mol. The molecule has 2 amide bonds. The van der Waals surface area contributed by atoms with Crippen LogP contribution < -0.4 is 16.4 Å². The van der Waals surface area contributed by atoms with Crippen molar-refractivity contribution in [3.8, 4) is 0 Å². The summed E-state index contributed by atoms with van der Waals surface area (Å²) in [6.07, 6.45) is 0.912. The SMILES string of the molecule is NC(=O)CNC(=O)C1NCCc2ccccc21. The molecule has 90 valence electrons. The van der Waals surface area contributed by atoms with Crippen LogP contribution in [0.25, 0.3) is 0 Å². The molecule has 0 saturated heterocycles. The molecule has 4 N–H and O–H groups in total. The Morgan fingerprint density at radius 2 is 2.18 bits per heavy atom. The van der Waals surface area contributed by atoms with Crippen LogP contribution in [0.2, 0.25) is 0 Å². The molecule has 2 rings (SSSR count). The van der Waals surface area contributed by atoms with Gasteiger partial charge < -0.3 is 16.4 Å². The lowest BCUT2D eigenvalue weighted by Gasteiger charge is -2.25. The highest BCUT2D eigenvalue weighted by Crippen LogP contribution is 2.22. The van der Waals surface area contributed by atoms with E-state index in [0.717, 1.165) is 18.5 Å². The third-order valence-corrected chi connectivity index (χ3v) is 2.81. The van der Waals surface area contributed by atoms with Crippen molar-refractivity contribution in [1.29, 1.82) is 0 Å². The second kappa shape index (κ2) is 4.97. The van der Waals surface area contributed by atoms with E-state index in [2.05, 4.69) is 10.6 Å². The molecule has 0 aromatic heterocycles. The highest BCUT2D eigenvalue weighted by molar-refractivity contribution is 5.88. The molecule has 1 unspecified atom stereocenters. The van der Waals surface area contributed by atoms with Crippen molar-refractivity contribution in [2.45, 2.75) is 12.5 Å². The van der Waals surface area contributed by atoms with Gasteiger partial charge in [0.2, 0.25) is 11.8 Å². The zero-order valence-electron chi connectivity index (χ0n) is 9.40. The Balaban J connectivity index is 2.12. The smallest absolute Gasteiger partial charge is 0.242 e. The first-order valence-electron chi connectivity index (χ1n) is 5.55. The number of hydrogen-bond donors (Lipinski definition) is 3. The summed E-state index contributed by atoms with van der Waals surface area (Å²) in [5, 5.41) is 5.65. The molecule has 1 heterocycles. The number of carbonyl (C=O) groups excluding carboxylic acids is 2. The summed E-state index contributed by atoms with van der Waals surface area (Å²) in [7, 11) is 0. The van der Waals surface area contributed by atoms with E-state index in [-0.39, 0.29) is 18.5 Å². The topological polar surface area (TPSA) is 84.2 Å². The molecule has 1 atom stereocenters. The summed E-state index contributed by atoms with van der Waals surface area (Å²) in [6, 6.07) is 7.42. The molecule has 0 bridgehead atoms. The van der Waals surface area contributed by atoms with Crippen molar-refractivity contribution < 1.29 is 9.59 Å². The van der Waals surface area contributed by atoms with Crippen molar-refractivity contribution >= 4 is 11.8 Å². The second-order valence-electron chi connectivity index (χ2n) is 4.02. The second-order valence-corrected chi connectivity index (χ2v) is 4.02. The molecule has 5 heteroatoms. The number of rotatable bonds is 3. The first-order chi connectivity index (χ1) is 8.18. The molecule has 0 radical (unpaired) electrons. The van der Waals surface area contributed by atoms with Crippen molar-refractivity contribution in [3.63, 3.8) is 0 Å². The Labute approximate surface area is 99.4 Å². The number of primary amides is 1. The minimum atomic E-state index is -0.539. The fourth-order valence-corrected chi connectivity index (χ4v) is 2.01. The number of amides is 2. The number of benzene rings is 1. The summed E-state index contributed by atoms with van der Waals surface area (Å²) < 4.78 is 0. The molecule has 17 heavy (non-hydrogen) atoms. The van der Waals surface area contributed by atoms with Crippen molar-refractivity contribution in [2.24, 2.45) is 5.73 Å². The van der Waals surface area contributed by atoms with Gasteiger partial charge in [0.1, 0.15) is 6.04 Å². The van der Waals surface area contributed by atoms with Crippen LogP contribution in [0, 0.1) is 0 Å². The van der Waals surface area contributed by atoms with Crippen LogP contribution in [0.3, 0.4) is 0 Å². The maximum atomic E-state index is 11.9. The predicted octanol–water partition coefficient (Wildman–Crippen LogP) is -0.525. The third kappa shape index (κ3) is 2.62. The highest BCUT2D eigenvalue weighted by Gasteiger charge is 2.25. The van der Waals surface area contributed by atoms with Gasteiger partial charge in [-0.2, -0.15) is 0 Å². The number of nitrogens with one attached hydrogen (secondary N) is 2. The molecule has 0 spiro atoms. The molecule has 5 nitrogen and oxygen atoms in total. The van der Waals surface area contributed by atoms with Crippen LogP contribution in [0.1, 0.15) is 17.2 Å². The van der Waals surface area contributed by atoms with E-state index in [4.69, 9.17) is 5.73 Å². The summed E-state index contributed by atoms with van der Waals surface area (Å²) in [5.41, 5.74) is 7.14. The Morgan fingerprint density at radius 1 is 1.41 bits per heavy atom. The van der Waals surface area contributed by atoms with Gasteiger partial charge in [-0.05, 0) is 17.5 Å². The Hall–Kier alpha value is -1.88. The standard InChI is InChI=1S/C12H15N3O2/c13-10(16)7-15-12(17)11-9-4-2-1-3-8(9)5-6-14-11/h1-4,11,14H,5-7H2,(H2,13,16)(H,15,17). The van der Waals surface area contributed by atoms with Crippen molar-refractivity contribution in [2.75, 3.05) is 13.1 Å². The predicted molar refractivity (Wildman–Crippen MR) is 63.1 cm³/mol. The fourth-order valence-electron chi connectivity index (χ4n) is 2.01. The lowest BCUT2D eigenvalue weighted by atomic mass is 9.94. The van der Waals surface area contributed by atoms with Gasteiger partial charge in [0.05, 0.1) is 6.54 Å². The Bertz CT molecular complexity index is 445. The molecule has 1 aromatic carbocycles. The average molecular weight is 233 g/mol. The molecule has 1 aromatic rings. The van der Waals surface area contributed by atoms with Crippen molar-refractivity contribution in [3.05, 3.63) is 35.4 Å². The zero-order valence-corrected chi connectivity index (χ0v) is 9.40. The maximum Gasteiger partial charge on any atom is 0.242 e. The van der Waals surface area contributed by atoms with Crippen LogP contribution in [0.4, 0.5) is 0 Å². The normalized spacial score (nSPS) is 18.2. The van der Waals surface area contributed by atoms with Gasteiger partial charge in [-0.15, -0.1) is 0 Å². The van der Waals surface area contributed by atoms with Gasteiger partial charge >= 0.3 is 0 Å². The quantitative estimate of drug-likeness (QED) is 0.656. The molecule has 0 saturated carbocycles. The molecular formula is C12H15N3O2. The van der Waals surface area contributed by atoms with Gasteiger partial charge in [0.25, 0.3) is 0 Å². The molecular weight excluding hydrogens is 218 g/mol. The van der Waals surface area contributed by atoms with E-state index in [1.807, 2.05) is 24.3 Å². The van der Waals surface area contributed by atoms with Crippen LogP contribution in [0.5, 0.6) is 0 Å². The number of carbonyl (C=O) groups is 2. The average Bonchev–Trinajstić information content (AvgIpc) is 2.35. The first kappa shape index (κ1) is 11.6. The lowest BCUT2D eigenvalue weighted by molar-refractivity contribution is -0.126. The van der Waals surface area contributed by atoms with E-state index in [0.29, 0.717) is 0 Å². The van der Waals surface area contributed by atoms with Crippen LogP contribution in [-0.4, -0.2) is 24.9 Å². The van der Waals surface area contributed by atoms with E-state index in [1.54, 1.807) is 0 Å². The zero-order chi connectivity index (χ0) is 12.3. The molecule has 0 aliphatic carbocycles. The van der Waals surface area contributed by atoms with Crippen LogP contribution in [-0.2, 0) is 16.0 Å². The van der Waals surface area contributed by atoms with E-state index in [1.165, 1.54) is 5.56 Å². The van der Waals surface area contributed by atoms with Gasteiger partial charge in [-0.25, -0.2) is 0 Å². The van der Waals surface area contributed by atoms with Crippen LogP contribution in [0.15, 0.2) is 24.3 Å². The molecule has 1 aliphatic heterocycles. The summed E-state index contributed by atoms with van der Waals surface area (Å²) in [5.74, 6) is -0.751.